The van der Waals surface area contributed by atoms with Crippen LogP contribution in [0.3, 0.4) is 0 Å². The minimum atomic E-state index is 0.0412. The number of nitrogens with zero attached hydrogens (tertiary/aromatic N) is 2. The summed E-state index contributed by atoms with van der Waals surface area (Å²) in [5.41, 5.74) is 1.93. The fraction of sp³-hybridized carbons (Fsp3) is 0.222. The Kier molecular flexibility index (Phi) is 2.79. The summed E-state index contributed by atoms with van der Waals surface area (Å²) in [4.78, 5) is 17.4. The van der Waals surface area contributed by atoms with Gasteiger partial charge in [0.25, 0.3) is 5.56 Å². The van der Waals surface area contributed by atoms with Crippen molar-refractivity contribution in [1.29, 1.82) is 0 Å². The van der Waals surface area contributed by atoms with Crippen LogP contribution < -0.4 is 10.3 Å². The molecular weight excluding hydrogens is 276 g/mol. The van der Waals surface area contributed by atoms with E-state index in [0.29, 0.717) is 5.39 Å². The first-order chi connectivity index (χ1) is 10.7. The molecule has 0 bridgehead atoms. The van der Waals surface area contributed by atoms with Crippen LogP contribution in [0.15, 0.2) is 53.3 Å². The number of methoxy groups -OCH3 is 1. The van der Waals surface area contributed by atoms with Gasteiger partial charge in [-0.1, -0.05) is 31.2 Å². The van der Waals surface area contributed by atoms with Crippen LogP contribution in [0.25, 0.3) is 10.9 Å². The first-order valence-electron chi connectivity index (χ1n) is 7.36. The second kappa shape index (κ2) is 4.70. The number of para-hydroxylation sites is 1. The van der Waals surface area contributed by atoms with Gasteiger partial charge in [-0.05, 0) is 29.8 Å². The maximum atomic E-state index is 12.8. The second-order valence-corrected chi connectivity index (χ2v) is 5.67. The van der Waals surface area contributed by atoms with Crippen LogP contribution in [-0.2, 0) is 0 Å². The van der Waals surface area contributed by atoms with Crippen molar-refractivity contribution in [2.75, 3.05) is 7.11 Å². The first kappa shape index (κ1) is 13.1. The van der Waals surface area contributed by atoms with Gasteiger partial charge in [0.2, 0.25) is 0 Å². The van der Waals surface area contributed by atoms with Gasteiger partial charge in [-0.3, -0.25) is 9.36 Å². The average molecular weight is 292 g/mol. The van der Waals surface area contributed by atoms with E-state index in [1.165, 1.54) is 0 Å². The van der Waals surface area contributed by atoms with Crippen LogP contribution in [0.1, 0.15) is 30.3 Å². The van der Waals surface area contributed by atoms with E-state index < -0.39 is 0 Å². The standard InChI is InChI=1S/C18H16N2O2/c1-11-16(12-7-9-13(22-2)10-8-12)20-17(11)19-15-6-4-3-5-14(15)18(20)21/h3-11,16H,1-2H3/t11-,16-/m0/s1. The van der Waals surface area contributed by atoms with E-state index in [0.717, 1.165) is 22.7 Å². The Bertz CT molecular complexity index is 913. The Balaban J connectivity index is 1.87. The van der Waals surface area contributed by atoms with Crippen LogP contribution in [0.4, 0.5) is 0 Å². The lowest BCUT2D eigenvalue weighted by atomic mass is 9.86. The zero-order chi connectivity index (χ0) is 15.3. The summed E-state index contributed by atoms with van der Waals surface area (Å²) in [5.74, 6) is 1.91. The Labute approximate surface area is 128 Å². The molecule has 0 aliphatic carbocycles. The maximum Gasteiger partial charge on any atom is 0.261 e. The molecule has 2 heterocycles. The fourth-order valence-corrected chi connectivity index (χ4v) is 3.27. The molecule has 22 heavy (non-hydrogen) atoms. The zero-order valence-electron chi connectivity index (χ0n) is 12.5. The van der Waals surface area contributed by atoms with Gasteiger partial charge < -0.3 is 4.74 Å². The molecule has 3 aromatic rings. The van der Waals surface area contributed by atoms with Crippen molar-refractivity contribution in [3.8, 4) is 5.75 Å². The quantitative estimate of drug-likeness (QED) is 0.729. The van der Waals surface area contributed by atoms with E-state index in [9.17, 15) is 4.79 Å². The van der Waals surface area contributed by atoms with Gasteiger partial charge >= 0.3 is 0 Å². The lowest BCUT2D eigenvalue weighted by molar-refractivity contribution is 0.347. The highest BCUT2D eigenvalue weighted by atomic mass is 16.5. The summed E-state index contributed by atoms with van der Waals surface area (Å²) >= 11 is 0. The van der Waals surface area contributed by atoms with Crippen LogP contribution in [0, 0.1) is 0 Å². The normalized spacial score (nSPS) is 19.5. The molecule has 0 N–H and O–H groups in total. The molecule has 0 radical (unpaired) electrons. The van der Waals surface area contributed by atoms with Gasteiger partial charge in [0.05, 0.1) is 24.1 Å². The number of aromatic nitrogens is 2. The summed E-state index contributed by atoms with van der Waals surface area (Å²) in [5, 5.41) is 0.677. The molecular formula is C18H16N2O2. The molecule has 1 aliphatic rings. The summed E-state index contributed by atoms with van der Waals surface area (Å²) in [6.07, 6.45) is 0. The summed E-state index contributed by atoms with van der Waals surface area (Å²) in [6, 6.07) is 15.5. The lowest BCUT2D eigenvalue weighted by Gasteiger charge is -2.38. The van der Waals surface area contributed by atoms with Crippen LogP contribution >= 0.6 is 0 Å². The molecule has 0 unspecified atom stereocenters. The molecule has 0 amide bonds. The minimum absolute atomic E-state index is 0.0412. The lowest BCUT2D eigenvalue weighted by Crippen LogP contribution is -2.42. The first-order valence-corrected chi connectivity index (χ1v) is 7.36. The highest BCUT2D eigenvalue weighted by Gasteiger charge is 2.38. The molecule has 4 nitrogen and oxygen atoms in total. The highest BCUT2D eigenvalue weighted by Crippen LogP contribution is 2.42. The topological polar surface area (TPSA) is 44.1 Å². The van der Waals surface area contributed by atoms with E-state index in [1.54, 1.807) is 7.11 Å². The minimum Gasteiger partial charge on any atom is -0.497 e. The molecule has 0 spiro atoms. The molecule has 2 aromatic carbocycles. The molecule has 0 fully saturated rings. The number of hydrogen-bond donors (Lipinski definition) is 0. The van der Waals surface area contributed by atoms with Gasteiger partial charge in [-0.25, -0.2) is 4.98 Å². The summed E-state index contributed by atoms with van der Waals surface area (Å²) in [7, 11) is 1.65. The van der Waals surface area contributed by atoms with Gasteiger partial charge in [0.15, 0.2) is 0 Å². The van der Waals surface area contributed by atoms with Crippen molar-refractivity contribution < 1.29 is 4.74 Å². The van der Waals surface area contributed by atoms with Crippen molar-refractivity contribution >= 4 is 10.9 Å². The Morgan fingerprint density at radius 3 is 2.55 bits per heavy atom. The molecule has 2 atom stereocenters. The van der Waals surface area contributed by atoms with Gasteiger partial charge in [-0.15, -0.1) is 0 Å². The summed E-state index contributed by atoms with van der Waals surface area (Å²) < 4.78 is 7.01. The Morgan fingerprint density at radius 1 is 1.09 bits per heavy atom. The van der Waals surface area contributed by atoms with Gasteiger partial charge in [0.1, 0.15) is 11.6 Å². The van der Waals surface area contributed by atoms with Crippen LogP contribution in [-0.4, -0.2) is 16.7 Å². The van der Waals surface area contributed by atoms with E-state index in [4.69, 9.17) is 4.74 Å². The van der Waals surface area contributed by atoms with E-state index in [2.05, 4.69) is 11.9 Å². The maximum absolute atomic E-state index is 12.8. The average Bonchev–Trinajstić information content (AvgIpc) is 2.57. The third kappa shape index (κ3) is 1.70. The predicted octanol–water partition coefficient (Wildman–Crippen LogP) is 3.11. The highest BCUT2D eigenvalue weighted by molar-refractivity contribution is 5.77. The van der Waals surface area contributed by atoms with Crippen LogP contribution in [0.2, 0.25) is 0 Å². The largest absolute Gasteiger partial charge is 0.497 e. The van der Waals surface area contributed by atoms with Crippen molar-refractivity contribution in [3.05, 3.63) is 70.3 Å². The number of fused-ring (bicyclic) bond motifs is 2. The summed E-state index contributed by atoms with van der Waals surface area (Å²) in [6.45, 7) is 2.12. The molecule has 4 heteroatoms. The van der Waals surface area contributed by atoms with E-state index >= 15 is 0 Å². The SMILES string of the molecule is COc1ccc([C@@H]2[C@H](C)c3nc4ccccc4c(=O)n32)cc1. The van der Waals surface area contributed by atoms with Crippen LogP contribution in [0.5, 0.6) is 5.75 Å². The van der Waals surface area contributed by atoms with E-state index in [1.807, 2.05) is 53.1 Å². The molecule has 0 saturated carbocycles. The molecule has 0 saturated heterocycles. The van der Waals surface area contributed by atoms with Crippen molar-refractivity contribution in [2.45, 2.75) is 18.9 Å². The van der Waals surface area contributed by atoms with Crippen molar-refractivity contribution in [1.82, 2.24) is 9.55 Å². The van der Waals surface area contributed by atoms with Crippen molar-refractivity contribution in [2.24, 2.45) is 0 Å². The van der Waals surface area contributed by atoms with Crippen molar-refractivity contribution in [3.63, 3.8) is 0 Å². The smallest absolute Gasteiger partial charge is 0.261 e. The predicted molar refractivity (Wildman–Crippen MR) is 85.6 cm³/mol. The van der Waals surface area contributed by atoms with Gasteiger partial charge in [-0.2, -0.15) is 0 Å². The second-order valence-electron chi connectivity index (χ2n) is 5.67. The third-order valence-corrected chi connectivity index (χ3v) is 4.45. The van der Waals surface area contributed by atoms with Gasteiger partial charge in [0, 0.05) is 5.92 Å². The molecule has 1 aromatic heterocycles. The zero-order valence-corrected chi connectivity index (χ0v) is 12.5. The number of benzene rings is 2. The molecule has 4 rings (SSSR count). The van der Waals surface area contributed by atoms with E-state index in [-0.39, 0.29) is 17.5 Å². The monoisotopic (exact) mass is 292 g/mol. The third-order valence-electron chi connectivity index (χ3n) is 4.45. The Morgan fingerprint density at radius 2 is 1.82 bits per heavy atom. The number of ether oxygens (including phenoxy) is 1. The molecule has 110 valence electrons. The number of hydrogen-bond acceptors (Lipinski definition) is 3. The number of rotatable bonds is 2. The fourth-order valence-electron chi connectivity index (χ4n) is 3.27. The molecule has 1 aliphatic heterocycles. The Hall–Kier alpha value is -2.62.